The van der Waals surface area contributed by atoms with E-state index in [2.05, 4.69) is 28.9 Å². The molecule has 0 amide bonds. The lowest BCUT2D eigenvalue weighted by atomic mass is 9.70. The molecule has 0 heterocycles. The Labute approximate surface area is 163 Å². The summed E-state index contributed by atoms with van der Waals surface area (Å²) in [5, 5.41) is 0. The Hall–Kier alpha value is -1.62. The van der Waals surface area contributed by atoms with Crippen LogP contribution < -0.4 is 0 Å². The van der Waals surface area contributed by atoms with Crippen molar-refractivity contribution in [1.29, 1.82) is 0 Å². The van der Waals surface area contributed by atoms with Crippen molar-refractivity contribution < 1.29 is 19.1 Å². The molecule has 1 aromatic carbocycles. The number of esters is 2. The third-order valence-corrected chi connectivity index (χ3v) is 6.66. The van der Waals surface area contributed by atoms with E-state index >= 15 is 0 Å². The van der Waals surface area contributed by atoms with Crippen LogP contribution in [-0.4, -0.2) is 26.2 Å². The van der Waals surface area contributed by atoms with E-state index in [1.807, 2.05) is 18.2 Å². The molecule has 2 atom stereocenters. The van der Waals surface area contributed by atoms with Crippen LogP contribution in [0.3, 0.4) is 0 Å². The van der Waals surface area contributed by atoms with Gasteiger partial charge < -0.3 is 9.47 Å². The number of benzene rings is 1. The summed E-state index contributed by atoms with van der Waals surface area (Å²) < 4.78 is 11.4. The number of methoxy groups -OCH3 is 2. The smallest absolute Gasteiger partial charge is 0.324 e. The Morgan fingerprint density at radius 2 is 1.85 bits per heavy atom. The summed E-state index contributed by atoms with van der Waals surface area (Å²) in [6, 6.07) is 8.10. The van der Waals surface area contributed by atoms with Crippen LogP contribution in [-0.2, 0) is 25.5 Å². The Bertz CT molecular complexity index is 736. The minimum atomic E-state index is -1.30. The van der Waals surface area contributed by atoms with Crippen molar-refractivity contribution >= 4 is 27.9 Å². The third-order valence-electron chi connectivity index (χ3n) is 5.81. The SMILES string of the molecule is CCCC/C(Br)=C1\C2Cc3ccccc3C1C(C(=O)OC)(C(=O)OC)C2. The molecule has 0 spiro atoms. The summed E-state index contributed by atoms with van der Waals surface area (Å²) >= 11 is 3.78. The van der Waals surface area contributed by atoms with Gasteiger partial charge in [-0.2, -0.15) is 0 Å². The highest BCUT2D eigenvalue weighted by atomic mass is 79.9. The summed E-state index contributed by atoms with van der Waals surface area (Å²) in [5.74, 6) is -1.19. The van der Waals surface area contributed by atoms with Crippen LogP contribution in [0.15, 0.2) is 34.3 Å². The van der Waals surface area contributed by atoms with Crippen LogP contribution in [0.1, 0.15) is 49.7 Å². The molecule has 3 rings (SSSR count). The van der Waals surface area contributed by atoms with E-state index in [4.69, 9.17) is 9.47 Å². The molecule has 0 aliphatic heterocycles. The van der Waals surface area contributed by atoms with Gasteiger partial charge >= 0.3 is 11.9 Å². The molecule has 2 bridgehead atoms. The third kappa shape index (κ3) is 2.81. The van der Waals surface area contributed by atoms with E-state index in [1.54, 1.807) is 0 Å². The van der Waals surface area contributed by atoms with Crippen molar-refractivity contribution in [2.45, 2.75) is 44.9 Å². The first kappa shape index (κ1) is 19.2. The fourth-order valence-corrected chi connectivity index (χ4v) is 5.54. The molecule has 5 heteroatoms. The van der Waals surface area contributed by atoms with Crippen molar-refractivity contribution in [2.24, 2.45) is 11.3 Å². The number of hydrogen-bond acceptors (Lipinski definition) is 4. The second-order valence-corrected chi connectivity index (χ2v) is 8.11. The van der Waals surface area contributed by atoms with Crippen LogP contribution in [0.2, 0.25) is 0 Å². The van der Waals surface area contributed by atoms with Gasteiger partial charge in [-0.25, -0.2) is 0 Å². The average Bonchev–Trinajstić information content (AvgIpc) is 2.93. The Balaban J connectivity index is 2.23. The van der Waals surface area contributed by atoms with Gasteiger partial charge in [0.05, 0.1) is 14.2 Å². The molecule has 0 saturated heterocycles. The zero-order valence-corrected chi connectivity index (χ0v) is 17.1. The maximum Gasteiger partial charge on any atom is 0.324 e. The zero-order chi connectivity index (χ0) is 18.9. The molecule has 140 valence electrons. The monoisotopic (exact) mass is 420 g/mol. The van der Waals surface area contributed by atoms with Crippen molar-refractivity contribution in [3.8, 4) is 0 Å². The highest BCUT2D eigenvalue weighted by Crippen LogP contribution is 2.62. The van der Waals surface area contributed by atoms with E-state index in [0.29, 0.717) is 6.42 Å². The molecule has 2 aliphatic rings. The van der Waals surface area contributed by atoms with Crippen LogP contribution in [0.5, 0.6) is 0 Å². The zero-order valence-electron chi connectivity index (χ0n) is 15.5. The van der Waals surface area contributed by atoms with Crippen molar-refractivity contribution in [1.82, 2.24) is 0 Å². The van der Waals surface area contributed by atoms with Crippen LogP contribution >= 0.6 is 15.9 Å². The molecule has 0 N–H and O–H groups in total. The lowest BCUT2D eigenvalue weighted by molar-refractivity contribution is -0.169. The highest BCUT2D eigenvalue weighted by molar-refractivity contribution is 9.11. The van der Waals surface area contributed by atoms with E-state index < -0.39 is 17.4 Å². The fourth-order valence-electron chi connectivity index (χ4n) is 4.70. The molecule has 0 radical (unpaired) electrons. The summed E-state index contributed by atoms with van der Waals surface area (Å²) in [4.78, 5) is 25.8. The average molecular weight is 421 g/mol. The number of hydrogen-bond donors (Lipinski definition) is 0. The summed E-state index contributed by atoms with van der Waals surface area (Å²) in [6.45, 7) is 2.16. The van der Waals surface area contributed by atoms with Crippen molar-refractivity contribution in [3.63, 3.8) is 0 Å². The number of fused-ring (bicyclic) bond motifs is 4. The minimum Gasteiger partial charge on any atom is -0.468 e. The maximum atomic E-state index is 12.9. The first-order valence-electron chi connectivity index (χ1n) is 9.14. The van der Waals surface area contributed by atoms with Gasteiger partial charge in [0.15, 0.2) is 5.41 Å². The first-order valence-corrected chi connectivity index (χ1v) is 9.93. The lowest BCUT2D eigenvalue weighted by Crippen LogP contribution is -2.43. The molecule has 26 heavy (non-hydrogen) atoms. The molecular formula is C21H25BrO4. The Morgan fingerprint density at radius 3 is 2.46 bits per heavy atom. The second kappa shape index (κ2) is 7.55. The predicted molar refractivity (Wildman–Crippen MR) is 103 cm³/mol. The summed E-state index contributed by atoms with van der Waals surface area (Å²) in [7, 11) is 2.69. The molecule has 0 aromatic heterocycles. The van der Waals surface area contributed by atoms with E-state index in [-0.39, 0.29) is 11.8 Å². The Morgan fingerprint density at radius 1 is 1.19 bits per heavy atom. The van der Waals surface area contributed by atoms with Gasteiger partial charge in [0.25, 0.3) is 0 Å². The summed E-state index contributed by atoms with van der Waals surface area (Å²) in [5.41, 5.74) is 2.12. The van der Waals surface area contributed by atoms with Gasteiger partial charge in [0.2, 0.25) is 0 Å². The summed E-state index contributed by atoms with van der Waals surface area (Å²) in [6.07, 6.45) is 4.34. The molecule has 1 aromatic rings. The van der Waals surface area contributed by atoms with E-state index in [0.717, 1.165) is 35.7 Å². The van der Waals surface area contributed by atoms with Crippen LogP contribution in [0.25, 0.3) is 0 Å². The first-order chi connectivity index (χ1) is 12.5. The van der Waals surface area contributed by atoms with Crippen molar-refractivity contribution in [3.05, 3.63) is 45.4 Å². The van der Waals surface area contributed by atoms with Gasteiger partial charge in [0, 0.05) is 5.92 Å². The van der Waals surface area contributed by atoms with Gasteiger partial charge in [-0.3, -0.25) is 9.59 Å². The van der Waals surface area contributed by atoms with Gasteiger partial charge in [-0.1, -0.05) is 53.5 Å². The fraction of sp³-hybridized carbons (Fsp3) is 0.524. The normalized spacial score (nSPS) is 24.6. The molecule has 1 saturated carbocycles. The number of carbonyl (C=O) groups is 2. The van der Waals surface area contributed by atoms with Crippen LogP contribution in [0, 0.1) is 11.3 Å². The second-order valence-electron chi connectivity index (χ2n) is 7.16. The van der Waals surface area contributed by atoms with Crippen LogP contribution in [0.4, 0.5) is 0 Å². The number of carbonyl (C=O) groups excluding carboxylic acids is 2. The number of halogens is 1. The molecule has 2 aliphatic carbocycles. The maximum absolute atomic E-state index is 12.9. The Kier molecular flexibility index (Phi) is 5.56. The minimum absolute atomic E-state index is 0.138. The number of ether oxygens (including phenoxy) is 2. The van der Waals surface area contributed by atoms with Gasteiger partial charge in [-0.15, -0.1) is 0 Å². The predicted octanol–water partition coefficient (Wildman–Crippen LogP) is 4.52. The van der Waals surface area contributed by atoms with E-state index in [1.165, 1.54) is 25.4 Å². The van der Waals surface area contributed by atoms with Gasteiger partial charge in [0.1, 0.15) is 0 Å². The van der Waals surface area contributed by atoms with Gasteiger partial charge in [-0.05, 0) is 52.8 Å². The molecule has 1 fully saturated rings. The molecular weight excluding hydrogens is 396 g/mol. The number of unbranched alkanes of at least 4 members (excludes halogenated alkanes) is 1. The van der Waals surface area contributed by atoms with Crippen molar-refractivity contribution in [2.75, 3.05) is 14.2 Å². The number of allylic oxidation sites excluding steroid dienone is 2. The molecule has 2 unspecified atom stereocenters. The standard InChI is InChI=1S/C21H25BrO4/c1-4-5-10-16(22)17-14-11-13-8-6-7-9-15(13)18(17)21(12-14,19(23)25-2)20(24)26-3/h6-9,14,18H,4-5,10-12H2,1-3H3/b17-16-. The topological polar surface area (TPSA) is 52.6 Å². The highest BCUT2D eigenvalue weighted by Gasteiger charge is 2.64. The lowest BCUT2D eigenvalue weighted by Gasteiger charge is -2.33. The largest absolute Gasteiger partial charge is 0.468 e. The number of rotatable bonds is 5. The van der Waals surface area contributed by atoms with E-state index in [9.17, 15) is 9.59 Å². The molecule has 4 nitrogen and oxygen atoms in total. The quantitative estimate of drug-likeness (QED) is 0.518.